The molecule has 0 fully saturated rings. The molecule has 52 heavy (non-hydrogen) atoms. The summed E-state index contributed by atoms with van der Waals surface area (Å²) in [6, 6.07) is 0. The van der Waals surface area contributed by atoms with Gasteiger partial charge >= 0.3 is 17.9 Å². The van der Waals surface area contributed by atoms with Gasteiger partial charge in [-0.15, -0.1) is 0 Å². The molecule has 0 aliphatic heterocycles. The van der Waals surface area contributed by atoms with Crippen LogP contribution >= 0.6 is 0 Å². The highest BCUT2D eigenvalue weighted by Crippen LogP contribution is 2.15. The Bertz CT molecular complexity index is 809. The lowest BCUT2D eigenvalue weighted by molar-refractivity contribution is -0.167. The second-order valence-corrected chi connectivity index (χ2v) is 15.3. The summed E-state index contributed by atoms with van der Waals surface area (Å²) in [6.45, 7) is 6.59. The van der Waals surface area contributed by atoms with Crippen LogP contribution in [-0.4, -0.2) is 37.2 Å². The third-order valence-electron chi connectivity index (χ3n) is 10.0. The monoisotopic (exact) mass is 735 g/mol. The molecule has 0 saturated carbocycles. The topological polar surface area (TPSA) is 78.9 Å². The van der Waals surface area contributed by atoms with E-state index < -0.39 is 6.10 Å². The van der Waals surface area contributed by atoms with Gasteiger partial charge in [0, 0.05) is 19.3 Å². The minimum atomic E-state index is -0.765. The van der Waals surface area contributed by atoms with Crippen LogP contribution in [0, 0.1) is 0 Å². The molecule has 6 nitrogen and oxygen atoms in total. The molecule has 1 unspecified atom stereocenters. The highest BCUT2D eigenvalue weighted by Gasteiger charge is 2.19. The molecule has 0 spiro atoms. The summed E-state index contributed by atoms with van der Waals surface area (Å²) < 4.78 is 16.7. The summed E-state index contributed by atoms with van der Waals surface area (Å²) in [5.41, 5.74) is 0. The smallest absolute Gasteiger partial charge is 0.306 e. The van der Waals surface area contributed by atoms with Gasteiger partial charge in [0.2, 0.25) is 0 Å². The molecule has 0 aromatic heterocycles. The fourth-order valence-corrected chi connectivity index (χ4v) is 6.54. The fraction of sp³-hybridized carbons (Fsp3) is 0.891. The van der Waals surface area contributed by atoms with E-state index in [2.05, 4.69) is 32.9 Å². The Hall–Kier alpha value is -1.85. The van der Waals surface area contributed by atoms with Gasteiger partial charge in [-0.05, 0) is 38.5 Å². The van der Waals surface area contributed by atoms with E-state index in [-0.39, 0.29) is 31.1 Å². The lowest BCUT2D eigenvalue weighted by atomic mass is 10.0. The van der Waals surface area contributed by atoms with E-state index in [1.807, 2.05) is 0 Å². The van der Waals surface area contributed by atoms with Crippen LogP contribution in [0.2, 0.25) is 0 Å². The zero-order valence-corrected chi connectivity index (χ0v) is 34.8. The predicted molar refractivity (Wildman–Crippen MR) is 220 cm³/mol. The molecule has 0 aromatic rings. The van der Waals surface area contributed by atoms with Crippen molar-refractivity contribution in [1.29, 1.82) is 0 Å². The van der Waals surface area contributed by atoms with E-state index in [9.17, 15) is 14.4 Å². The molecular formula is C46H86O6. The van der Waals surface area contributed by atoms with Crippen molar-refractivity contribution in [3.8, 4) is 0 Å². The predicted octanol–water partition coefficient (Wildman–Crippen LogP) is 14.3. The van der Waals surface area contributed by atoms with E-state index in [0.717, 1.165) is 64.2 Å². The molecule has 0 aromatic carbocycles. The van der Waals surface area contributed by atoms with Gasteiger partial charge in [-0.1, -0.05) is 200 Å². The number of carbonyl (C=O) groups is 3. The van der Waals surface area contributed by atoms with Crippen LogP contribution in [0.4, 0.5) is 0 Å². The number of ether oxygens (including phenoxy) is 3. The van der Waals surface area contributed by atoms with Crippen molar-refractivity contribution in [2.75, 3.05) is 13.2 Å². The number of carbonyl (C=O) groups excluding carboxylic acids is 3. The summed E-state index contributed by atoms with van der Waals surface area (Å²) in [5.74, 6) is -0.872. The Morgan fingerprint density at radius 1 is 0.365 bits per heavy atom. The summed E-state index contributed by atoms with van der Waals surface area (Å²) >= 11 is 0. The third kappa shape index (κ3) is 39.4. The van der Waals surface area contributed by atoms with E-state index in [4.69, 9.17) is 14.2 Å². The largest absolute Gasteiger partial charge is 0.462 e. The van der Waals surface area contributed by atoms with E-state index >= 15 is 0 Å². The lowest BCUT2D eigenvalue weighted by Crippen LogP contribution is -2.30. The maximum Gasteiger partial charge on any atom is 0.306 e. The molecule has 0 radical (unpaired) electrons. The number of rotatable bonds is 41. The third-order valence-corrected chi connectivity index (χ3v) is 10.0. The highest BCUT2D eigenvalue weighted by molar-refractivity contribution is 5.71. The first-order valence-electron chi connectivity index (χ1n) is 22.7. The molecule has 0 heterocycles. The summed E-state index contributed by atoms with van der Waals surface area (Å²) in [6.07, 6.45) is 43.3. The van der Waals surface area contributed by atoms with Gasteiger partial charge in [0.1, 0.15) is 13.2 Å². The van der Waals surface area contributed by atoms with Gasteiger partial charge in [0.25, 0.3) is 0 Å². The zero-order chi connectivity index (χ0) is 38.0. The van der Waals surface area contributed by atoms with Crippen molar-refractivity contribution in [1.82, 2.24) is 0 Å². The Balaban J connectivity index is 4.35. The van der Waals surface area contributed by atoms with Crippen LogP contribution in [0.1, 0.15) is 245 Å². The van der Waals surface area contributed by atoms with E-state index in [1.54, 1.807) is 0 Å². The maximum absolute atomic E-state index is 12.7. The van der Waals surface area contributed by atoms with Crippen molar-refractivity contribution < 1.29 is 28.6 Å². The van der Waals surface area contributed by atoms with Crippen LogP contribution < -0.4 is 0 Å². The Kier molecular flexibility index (Phi) is 40.4. The summed E-state index contributed by atoms with van der Waals surface area (Å²) in [7, 11) is 0. The maximum atomic E-state index is 12.7. The first-order valence-corrected chi connectivity index (χ1v) is 22.7. The van der Waals surface area contributed by atoms with Crippen LogP contribution in [0.25, 0.3) is 0 Å². The van der Waals surface area contributed by atoms with Gasteiger partial charge in [-0.3, -0.25) is 14.4 Å². The molecule has 0 aliphatic rings. The minimum Gasteiger partial charge on any atom is -0.462 e. The second-order valence-electron chi connectivity index (χ2n) is 15.3. The van der Waals surface area contributed by atoms with E-state index in [1.165, 1.54) is 141 Å². The average Bonchev–Trinajstić information content (AvgIpc) is 3.14. The second kappa shape index (κ2) is 41.9. The van der Waals surface area contributed by atoms with Crippen molar-refractivity contribution in [2.45, 2.75) is 252 Å². The van der Waals surface area contributed by atoms with Crippen molar-refractivity contribution in [3.05, 3.63) is 12.2 Å². The van der Waals surface area contributed by atoms with Gasteiger partial charge in [-0.2, -0.15) is 0 Å². The SMILES string of the molecule is CCCC/C=C\CCCCCCCC(=O)OC(COC(=O)CCCCCCCCCCCCC)COC(=O)CCCCCCCCCCCCCC. The van der Waals surface area contributed by atoms with Crippen LogP contribution in [0.3, 0.4) is 0 Å². The molecule has 0 bridgehead atoms. The number of unbranched alkanes of at least 4 members (excludes halogenated alkanes) is 28. The van der Waals surface area contributed by atoms with Gasteiger partial charge in [0.05, 0.1) is 0 Å². The molecule has 306 valence electrons. The molecule has 1 atom stereocenters. The van der Waals surface area contributed by atoms with Crippen molar-refractivity contribution in [2.24, 2.45) is 0 Å². The Labute approximate surface area is 322 Å². The molecule has 0 amide bonds. The first kappa shape index (κ1) is 50.1. The minimum absolute atomic E-state index is 0.0691. The molecule has 0 aliphatic carbocycles. The number of allylic oxidation sites excluding steroid dienone is 2. The van der Waals surface area contributed by atoms with Gasteiger partial charge < -0.3 is 14.2 Å². The Morgan fingerprint density at radius 3 is 1.02 bits per heavy atom. The Morgan fingerprint density at radius 2 is 0.654 bits per heavy atom. The normalized spacial score (nSPS) is 12.0. The number of hydrogen-bond acceptors (Lipinski definition) is 6. The average molecular weight is 735 g/mol. The number of hydrogen-bond donors (Lipinski definition) is 0. The van der Waals surface area contributed by atoms with Gasteiger partial charge in [0.15, 0.2) is 6.10 Å². The number of esters is 3. The van der Waals surface area contributed by atoms with Crippen LogP contribution in [-0.2, 0) is 28.6 Å². The van der Waals surface area contributed by atoms with Crippen LogP contribution in [0.5, 0.6) is 0 Å². The quantitative estimate of drug-likeness (QED) is 0.0269. The van der Waals surface area contributed by atoms with Gasteiger partial charge in [-0.25, -0.2) is 0 Å². The van der Waals surface area contributed by atoms with Crippen molar-refractivity contribution >= 4 is 17.9 Å². The molecule has 0 saturated heterocycles. The van der Waals surface area contributed by atoms with E-state index in [0.29, 0.717) is 19.3 Å². The zero-order valence-electron chi connectivity index (χ0n) is 34.8. The fourth-order valence-electron chi connectivity index (χ4n) is 6.54. The lowest BCUT2D eigenvalue weighted by Gasteiger charge is -2.18. The molecular weight excluding hydrogens is 648 g/mol. The highest BCUT2D eigenvalue weighted by atomic mass is 16.6. The first-order chi connectivity index (χ1) is 25.5. The standard InChI is InChI=1S/C46H86O6/c1-4-7-10-13-16-19-22-25-27-30-33-36-39-45(48)51-42-43(52-46(49)40-37-34-31-28-24-21-18-15-12-9-6-3)41-50-44(47)38-35-32-29-26-23-20-17-14-11-8-5-2/h15,18,43H,4-14,16-17,19-42H2,1-3H3/b18-15-. The van der Waals surface area contributed by atoms with Crippen molar-refractivity contribution in [3.63, 3.8) is 0 Å². The molecule has 0 N–H and O–H groups in total. The molecule has 0 rings (SSSR count). The summed E-state index contributed by atoms with van der Waals surface area (Å²) in [4.78, 5) is 37.6. The van der Waals surface area contributed by atoms with Crippen LogP contribution in [0.15, 0.2) is 12.2 Å². The molecule has 6 heteroatoms. The summed E-state index contributed by atoms with van der Waals surface area (Å²) in [5, 5.41) is 0.